The summed E-state index contributed by atoms with van der Waals surface area (Å²) in [5, 5.41) is 5.01. The molecular formula is C17H29ClN4O4S. The van der Waals surface area contributed by atoms with E-state index in [0.717, 1.165) is 0 Å². The number of hydrogen-bond donors (Lipinski definition) is 4. The van der Waals surface area contributed by atoms with Crippen LogP contribution in [0, 0.1) is 5.92 Å². The summed E-state index contributed by atoms with van der Waals surface area (Å²) in [5.74, 6) is -0.941. The molecule has 0 spiro atoms. The Morgan fingerprint density at radius 1 is 1.19 bits per heavy atom. The Morgan fingerprint density at radius 3 is 2.30 bits per heavy atom. The van der Waals surface area contributed by atoms with Gasteiger partial charge in [0.2, 0.25) is 21.8 Å². The minimum Gasteiger partial charge on any atom is -0.346 e. The average Bonchev–Trinajstić information content (AvgIpc) is 2.49. The van der Waals surface area contributed by atoms with E-state index >= 15 is 0 Å². The number of rotatable bonds is 7. The molecule has 0 heterocycles. The quantitative estimate of drug-likeness (QED) is 0.526. The number of nitrogens with one attached hydrogen (secondary N) is 3. The van der Waals surface area contributed by atoms with Crippen molar-refractivity contribution in [1.29, 1.82) is 0 Å². The fourth-order valence-corrected chi connectivity index (χ4v) is 3.46. The minimum absolute atomic E-state index is 0. The molecule has 0 aliphatic carbocycles. The van der Waals surface area contributed by atoms with E-state index in [4.69, 9.17) is 5.73 Å². The number of anilines is 1. The summed E-state index contributed by atoms with van der Waals surface area (Å²) in [5.41, 5.74) is 5.39. The maximum Gasteiger partial charge on any atom is 0.243 e. The second-order valence-corrected chi connectivity index (χ2v) is 9.10. The Kier molecular flexibility index (Phi) is 9.40. The smallest absolute Gasteiger partial charge is 0.243 e. The predicted octanol–water partition coefficient (Wildman–Crippen LogP) is 1.22. The first-order valence-corrected chi connectivity index (χ1v) is 9.77. The monoisotopic (exact) mass is 420 g/mol. The van der Waals surface area contributed by atoms with Gasteiger partial charge in [-0.3, -0.25) is 9.59 Å². The molecule has 1 rings (SSSR count). The topological polar surface area (TPSA) is 130 Å². The van der Waals surface area contributed by atoms with Gasteiger partial charge in [0, 0.05) is 11.2 Å². The van der Waals surface area contributed by atoms with Crippen LogP contribution in [0.3, 0.4) is 0 Å². The first kappa shape index (κ1) is 25.3. The lowest BCUT2D eigenvalue weighted by molar-refractivity contribution is -0.125. The molecule has 1 atom stereocenters. The van der Waals surface area contributed by atoms with E-state index in [9.17, 15) is 18.0 Å². The molecular weight excluding hydrogens is 392 g/mol. The summed E-state index contributed by atoms with van der Waals surface area (Å²) >= 11 is 0. The lowest BCUT2D eigenvalue weighted by Gasteiger charge is -2.20. The minimum atomic E-state index is -3.71. The number of sulfonamides is 1. The van der Waals surface area contributed by atoms with Crippen LogP contribution in [0.15, 0.2) is 29.2 Å². The molecule has 0 radical (unpaired) electrons. The number of carbonyl (C=O) groups excluding carboxylic acids is 2. The molecule has 1 aromatic rings. The third-order valence-corrected chi connectivity index (χ3v) is 5.07. The van der Waals surface area contributed by atoms with Gasteiger partial charge in [-0.05, 0) is 44.9 Å². The van der Waals surface area contributed by atoms with E-state index in [2.05, 4.69) is 15.4 Å². The molecule has 0 aliphatic heterocycles. The lowest BCUT2D eigenvalue weighted by atomic mass is 10.1. The summed E-state index contributed by atoms with van der Waals surface area (Å²) in [6.07, 6.45) is 0. The fraction of sp³-hybridized carbons (Fsp3) is 0.529. The van der Waals surface area contributed by atoms with Crippen LogP contribution in [0.25, 0.3) is 0 Å². The Bertz CT molecular complexity index is 760. The average molecular weight is 421 g/mol. The zero-order valence-electron chi connectivity index (χ0n) is 16.2. The highest BCUT2D eigenvalue weighted by atomic mass is 35.5. The standard InChI is InChI=1S/C17H28N4O4S.ClH/c1-11(2)15(18)16(23)19-10-14(22)20-12-7-6-8-13(9-12)26(24,25)21-17(3,4)5;/h6-9,11,15,21H,10,18H2,1-5H3,(H,19,23)(H,20,22);1H/t15-;/m0./s1. The van der Waals surface area contributed by atoms with Crippen molar-refractivity contribution < 1.29 is 18.0 Å². The highest BCUT2D eigenvalue weighted by molar-refractivity contribution is 7.89. The fourth-order valence-electron chi connectivity index (χ4n) is 2.00. The molecule has 27 heavy (non-hydrogen) atoms. The molecule has 0 unspecified atom stereocenters. The summed E-state index contributed by atoms with van der Waals surface area (Å²) in [4.78, 5) is 23.8. The number of halogens is 1. The van der Waals surface area contributed by atoms with Gasteiger partial charge in [0.25, 0.3) is 0 Å². The van der Waals surface area contributed by atoms with E-state index in [1.807, 2.05) is 13.8 Å². The van der Waals surface area contributed by atoms with Gasteiger partial charge >= 0.3 is 0 Å². The first-order valence-electron chi connectivity index (χ1n) is 8.29. The first-order chi connectivity index (χ1) is 11.8. The van der Waals surface area contributed by atoms with Crippen LogP contribution in [0.1, 0.15) is 34.6 Å². The summed E-state index contributed by atoms with van der Waals surface area (Å²) in [7, 11) is -3.71. The Labute approximate surface area is 167 Å². The van der Waals surface area contributed by atoms with Crippen molar-refractivity contribution in [3.63, 3.8) is 0 Å². The van der Waals surface area contributed by atoms with Gasteiger partial charge in [-0.1, -0.05) is 19.9 Å². The van der Waals surface area contributed by atoms with Gasteiger partial charge in [-0.15, -0.1) is 12.4 Å². The summed E-state index contributed by atoms with van der Waals surface area (Å²) in [6, 6.07) is 5.19. The predicted molar refractivity (Wildman–Crippen MR) is 108 cm³/mol. The molecule has 0 saturated carbocycles. The van der Waals surface area contributed by atoms with Crippen molar-refractivity contribution in [2.45, 2.75) is 51.1 Å². The molecule has 0 bridgehead atoms. The second-order valence-electron chi connectivity index (χ2n) is 7.42. The molecule has 0 fully saturated rings. The van der Waals surface area contributed by atoms with Gasteiger partial charge in [0.1, 0.15) is 0 Å². The van der Waals surface area contributed by atoms with Crippen LogP contribution in [-0.4, -0.2) is 38.4 Å². The van der Waals surface area contributed by atoms with Crippen molar-refractivity contribution >= 4 is 39.9 Å². The van der Waals surface area contributed by atoms with E-state index in [1.54, 1.807) is 26.8 Å². The summed E-state index contributed by atoms with van der Waals surface area (Å²) < 4.78 is 27.2. The normalized spacial score (nSPS) is 12.9. The van der Waals surface area contributed by atoms with Gasteiger partial charge in [0.05, 0.1) is 17.5 Å². The second kappa shape index (κ2) is 10.0. The molecule has 8 nitrogen and oxygen atoms in total. The van der Waals surface area contributed by atoms with Crippen LogP contribution < -0.4 is 21.1 Å². The third kappa shape index (κ3) is 8.70. The van der Waals surface area contributed by atoms with Gasteiger partial charge < -0.3 is 16.4 Å². The van der Waals surface area contributed by atoms with Crippen molar-refractivity contribution in [2.24, 2.45) is 11.7 Å². The molecule has 0 saturated heterocycles. The molecule has 154 valence electrons. The van der Waals surface area contributed by atoms with Crippen molar-refractivity contribution in [1.82, 2.24) is 10.0 Å². The zero-order chi connectivity index (χ0) is 20.1. The van der Waals surface area contributed by atoms with E-state index in [0.29, 0.717) is 5.69 Å². The van der Waals surface area contributed by atoms with Crippen LogP contribution in [0.5, 0.6) is 0 Å². The Balaban J connectivity index is 0.00000676. The molecule has 0 aliphatic rings. The van der Waals surface area contributed by atoms with Crippen LogP contribution in [0.4, 0.5) is 5.69 Å². The molecule has 1 aromatic carbocycles. The largest absolute Gasteiger partial charge is 0.346 e. The molecule has 10 heteroatoms. The van der Waals surface area contributed by atoms with E-state index < -0.39 is 33.4 Å². The SMILES string of the molecule is CC(C)[C@H](N)C(=O)NCC(=O)Nc1cccc(S(=O)(=O)NC(C)(C)C)c1.Cl. The van der Waals surface area contributed by atoms with E-state index in [1.165, 1.54) is 18.2 Å². The zero-order valence-corrected chi connectivity index (χ0v) is 17.8. The maximum atomic E-state index is 12.3. The molecule has 0 aromatic heterocycles. The Morgan fingerprint density at radius 2 is 1.78 bits per heavy atom. The Hall–Kier alpha value is -1.68. The van der Waals surface area contributed by atoms with Crippen LogP contribution in [0.2, 0.25) is 0 Å². The van der Waals surface area contributed by atoms with Crippen molar-refractivity contribution in [3.8, 4) is 0 Å². The van der Waals surface area contributed by atoms with Crippen molar-refractivity contribution in [3.05, 3.63) is 24.3 Å². The molecule has 5 N–H and O–H groups in total. The van der Waals surface area contributed by atoms with Crippen molar-refractivity contribution in [2.75, 3.05) is 11.9 Å². The number of amides is 2. The molecule has 2 amide bonds. The van der Waals surface area contributed by atoms with E-state index in [-0.39, 0.29) is 29.8 Å². The summed E-state index contributed by atoms with van der Waals surface area (Å²) in [6.45, 7) is 8.57. The lowest BCUT2D eigenvalue weighted by Crippen LogP contribution is -2.46. The number of hydrogen-bond acceptors (Lipinski definition) is 5. The number of benzene rings is 1. The maximum absolute atomic E-state index is 12.3. The van der Waals surface area contributed by atoms with Crippen LogP contribution >= 0.6 is 12.4 Å². The van der Waals surface area contributed by atoms with Gasteiger partial charge in [-0.25, -0.2) is 13.1 Å². The highest BCUT2D eigenvalue weighted by Crippen LogP contribution is 2.17. The third-order valence-electron chi connectivity index (χ3n) is 3.31. The number of nitrogens with two attached hydrogens (primary N) is 1. The highest BCUT2D eigenvalue weighted by Gasteiger charge is 2.22. The van der Waals surface area contributed by atoms with Crippen LogP contribution in [-0.2, 0) is 19.6 Å². The number of carbonyl (C=O) groups is 2. The van der Waals surface area contributed by atoms with Gasteiger partial charge in [-0.2, -0.15) is 0 Å². The van der Waals surface area contributed by atoms with Gasteiger partial charge in [0.15, 0.2) is 0 Å².